The van der Waals surface area contributed by atoms with E-state index in [0.717, 1.165) is 34.1 Å². The average Bonchev–Trinajstić information content (AvgIpc) is 3.04. The molecule has 0 fully saturated rings. The summed E-state index contributed by atoms with van der Waals surface area (Å²) in [5.74, 6) is 1.85. The van der Waals surface area contributed by atoms with E-state index in [9.17, 15) is 4.79 Å². The van der Waals surface area contributed by atoms with Crippen LogP contribution in [0.25, 0.3) is 16.9 Å². The van der Waals surface area contributed by atoms with Crippen LogP contribution in [0.5, 0.6) is 11.5 Å². The van der Waals surface area contributed by atoms with Crippen molar-refractivity contribution in [1.82, 2.24) is 9.38 Å². The van der Waals surface area contributed by atoms with Crippen LogP contribution in [0, 0.1) is 5.92 Å². The molecule has 0 bridgehead atoms. The van der Waals surface area contributed by atoms with E-state index in [1.807, 2.05) is 61.0 Å². The quantitative estimate of drug-likeness (QED) is 0.777. The van der Waals surface area contributed by atoms with Crippen molar-refractivity contribution in [1.29, 1.82) is 0 Å². The van der Waals surface area contributed by atoms with Gasteiger partial charge in [0.2, 0.25) is 5.91 Å². The molecule has 1 aliphatic heterocycles. The van der Waals surface area contributed by atoms with Crippen LogP contribution in [-0.4, -0.2) is 28.5 Å². The number of carbonyl (C=O) groups excluding carboxylic acids is 1. The smallest absolute Gasteiger partial charge is 0.224 e. The molecule has 1 N–H and O–H groups in total. The third-order valence-electron chi connectivity index (χ3n) is 4.17. The molecule has 0 spiro atoms. The van der Waals surface area contributed by atoms with Gasteiger partial charge in [0, 0.05) is 24.4 Å². The predicted octanol–water partition coefficient (Wildman–Crippen LogP) is 3.76. The molecule has 1 aliphatic rings. The third-order valence-corrected chi connectivity index (χ3v) is 4.17. The minimum Gasteiger partial charge on any atom is -0.486 e. The third kappa shape index (κ3) is 3.35. The first-order chi connectivity index (χ1) is 12.6. The molecule has 6 nitrogen and oxygen atoms in total. The Morgan fingerprint density at radius 3 is 2.77 bits per heavy atom. The van der Waals surface area contributed by atoms with Crippen molar-refractivity contribution >= 4 is 17.2 Å². The number of hydrogen-bond donors (Lipinski definition) is 1. The van der Waals surface area contributed by atoms with Crippen LogP contribution in [0.2, 0.25) is 0 Å². The summed E-state index contributed by atoms with van der Waals surface area (Å²) in [7, 11) is 0. The normalized spacial score (nSPS) is 13.2. The standard InChI is InChI=1S/C20H21N3O3/c1-13(2)9-20(24)21-15-4-6-19-22-16(12-23(19)11-15)14-3-5-17-18(10-14)26-8-7-25-17/h3-6,10-13H,7-9H2,1-2H3,(H,21,24). The van der Waals surface area contributed by atoms with Crippen LogP contribution in [0.4, 0.5) is 5.69 Å². The fourth-order valence-electron chi connectivity index (χ4n) is 2.99. The van der Waals surface area contributed by atoms with Crippen LogP contribution in [-0.2, 0) is 4.79 Å². The lowest BCUT2D eigenvalue weighted by Crippen LogP contribution is -2.15. The van der Waals surface area contributed by atoms with Gasteiger partial charge in [0.1, 0.15) is 18.9 Å². The predicted molar refractivity (Wildman–Crippen MR) is 99.7 cm³/mol. The number of pyridine rings is 1. The van der Waals surface area contributed by atoms with Crippen molar-refractivity contribution in [2.75, 3.05) is 18.5 Å². The lowest BCUT2D eigenvalue weighted by atomic mass is 10.1. The first-order valence-electron chi connectivity index (χ1n) is 8.77. The van der Waals surface area contributed by atoms with Gasteiger partial charge in [-0.05, 0) is 36.2 Å². The maximum atomic E-state index is 12.0. The van der Waals surface area contributed by atoms with Gasteiger partial charge >= 0.3 is 0 Å². The second-order valence-corrected chi connectivity index (χ2v) is 6.81. The summed E-state index contributed by atoms with van der Waals surface area (Å²) in [6.07, 6.45) is 4.32. The van der Waals surface area contributed by atoms with E-state index >= 15 is 0 Å². The van der Waals surface area contributed by atoms with Gasteiger partial charge in [-0.1, -0.05) is 13.8 Å². The second kappa shape index (κ2) is 6.71. The molecule has 1 amide bonds. The Hall–Kier alpha value is -3.02. The number of hydrogen-bond acceptors (Lipinski definition) is 4. The molecular formula is C20H21N3O3. The Morgan fingerprint density at radius 2 is 1.96 bits per heavy atom. The number of rotatable bonds is 4. The van der Waals surface area contributed by atoms with Crippen LogP contribution in [0.3, 0.4) is 0 Å². The molecule has 6 heteroatoms. The molecular weight excluding hydrogens is 330 g/mol. The molecule has 3 heterocycles. The number of aromatic nitrogens is 2. The van der Waals surface area contributed by atoms with Crippen molar-refractivity contribution in [2.24, 2.45) is 5.92 Å². The highest BCUT2D eigenvalue weighted by atomic mass is 16.6. The number of nitrogens with zero attached hydrogens (tertiary/aromatic N) is 2. The molecule has 0 saturated carbocycles. The Kier molecular flexibility index (Phi) is 4.24. The average molecular weight is 351 g/mol. The van der Waals surface area contributed by atoms with Gasteiger partial charge in [-0.15, -0.1) is 0 Å². The fraction of sp³-hybridized carbons (Fsp3) is 0.300. The second-order valence-electron chi connectivity index (χ2n) is 6.81. The van der Waals surface area contributed by atoms with E-state index in [1.165, 1.54) is 0 Å². The van der Waals surface area contributed by atoms with Gasteiger partial charge in [-0.25, -0.2) is 4.98 Å². The summed E-state index contributed by atoms with van der Waals surface area (Å²) >= 11 is 0. The minimum atomic E-state index is 0.0199. The van der Waals surface area contributed by atoms with Crippen molar-refractivity contribution in [3.8, 4) is 22.8 Å². The molecule has 0 unspecified atom stereocenters. The van der Waals surface area contributed by atoms with Crippen LogP contribution in [0.15, 0.2) is 42.7 Å². The van der Waals surface area contributed by atoms with Crippen LogP contribution in [0.1, 0.15) is 20.3 Å². The number of anilines is 1. The number of carbonyl (C=O) groups is 1. The zero-order chi connectivity index (χ0) is 18.1. The number of nitrogens with one attached hydrogen (secondary N) is 1. The van der Waals surface area contributed by atoms with E-state index < -0.39 is 0 Å². The first-order valence-corrected chi connectivity index (χ1v) is 8.77. The van der Waals surface area contributed by atoms with Gasteiger partial charge in [0.25, 0.3) is 0 Å². The van der Waals surface area contributed by atoms with Crippen molar-refractivity contribution in [3.05, 3.63) is 42.7 Å². The molecule has 26 heavy (non-hydrogen) atoms. The number of benzene rings is 1. The summed E-state index contributed by atoms with van der Waals surface area (Å²) in [5, 5.41) is 2.93. The summed E-state index contributed by atoms with van der Waals surface area (Å²) < 4.78 is 13.1. The highest BCUT2D eigenvalue weighted by molar-refractivity contribution is 5.90. The molecule has 2 aromatic heterocycles. The van der Waals surface area contributed by atoms with E-state index in [0.29, 0.717) is 25.6 Å². The molecule has 0 saturated heterocycles. The topological polar surface area (TPSA) is 64.9 Å². The van der Waals surface area contributed by atoms with E-state index in [2.05, 4.69) is 10.3 Å². The summed E-state index contributed by atoms with van der Waals surface area (Å²) in [6, 6.07) is 9.59. The lowest BCUT2D eigenvalue weighted by molar-refractivity contribution is -0.116. The molecule has 0 atom stereocenters. The Bertz CT molecular complexity index is 962. The molecule has 3 aromatic rings. The highest BCUT2D eigenvalue weighted by Crippen LogP contribution is 2.34. The van der Waals surface area contributed by atoms with Crippen LogP contribution < -0.4 is 14.8 Å². The van der Waals surface area contributed by atoms with Gasteiger partial charge in [0.05, 0.1) is 11.4 Å². The SMILES string of the molecule is CC(C)CC(=O)Nc1ccc2nc(-c3ccc4c(c3)OCCO4)cn2c1. The van der Waals surface area contributed by atoms with E-state index in [4.69, 9.17) is 9.47 Å². The number of ether oxygens (including phenoxy) is 2. The van der Waals surface area contributed by atoms with Gasteiger partial charge in [0.15, 0.2) is 11.5 Å². The zero-order valence-corrected chi connectivity index (χ0v) is 14.9. The monoisotopic (exact) mass is 351 g/mol. The largest absolute Gasteiger partial charge is 0.486 e. The van der Waals surface area contributed by atoms with Gasteiger partial charge in [-0.2, -0.15) is 0 Å². The van der Waals surface area contributed by atoms with Gasteiger partial charge < -0.3 is 19.2 Å². The fourth-order valence-corrected chi connectivity index (χ4v) is 2.99. The van der Waals surface area contributed by atoms with Crippen molar-refractivity contribution in [3.63, 3.8) is 0 Å². The Morgan fingerprint density at radius 1 is 1.15 bits per heavy atom. The molecule has 1 aromatic carbocycles. The van der Waals surface area contributed by atoms with Crippen molar-refractivity contribution in [2.45, 2.75) is 20.3 Å². The Labute approximate surface area is 151 Å². The molecule has 0 aliphatic carbocycles. The van der Waals surface area contributed by atoms with Gasteiger partial charge in [-0.3, -0.25) is 4.79 Å². The summed E-state index contributed by atoms with van der Waals surface area (Å²) in [5.41, 5.74) is 3.38. The number of amides is 1. The summed E-state index contributed by atoms with van der Waals surface area (Å²) in [4.78, 5) is 16.6. The van der Waals surface area contributed by atoms with Crippen molar-refractivity contribution < 1.29 is 14.3 Å². The Balaban J connectivity index is 1.60. The van der Waals surface area contributed by atoms with Crippen LogP contribution >= 0.6 is 0 Å². The zero-order valence-electron chi connectivity index (χ0n) is 14.9. The minimum absolute atomic E-state index is 0.0199. The molecule has 0 radical (unpaired) electrons. The van der Waals surface area contributed by atoms with E-state index in [1.54, 1.807) is 0 Å². The summed E-state index contributed by atoms with van der Waals surface area (Å²) in [6.45, 7) is 5.18. The van der Waals surface area contributed by atoms with E-state index in [-0.39, 0.29) is 5.91 Å². The maximum absolute atomic E-state index is 12.0. The lowest BCUT2D eigenvalue weighted by Gasteiger charge is -2.18. The number of imidazole rings is 1. The first kappa shape index (κ1) is 16.4. The number of fused-ring (bicyclic) bond motifs is 2. The highest BCUT2D eigenvalue weighted by Gasteiger charge is 2.14. The maximum Gasteiger partial charge on any atom is 0.224 e. The molecule has 4 rings (SSSR count). The molecule has 134 valence electrons.